The van der Waals surface area contributed by atoms with Crippen LogP contribution in [0.15, 0.2) is 103 Å². The highest BCUT2D eigenvalue weighted by molar-refractivity contribution is 6.09. The summed E-state index contributed by atoms with van der Waals surface area (Å²) in [7, 11) is 0. The highest BCUT2D eigenvalue weighted by atomic mass is 16.1. The second kappa shape index (κ2) is 8.53. The molecule has 0 spiro atoms. The Hall–Kier alpha value is -4.16. The largest absolute Gasteiger partial charge is 0.337 e. The van der Waals surface area contributed by atoms with E-state index in [0.717, 1.165) is 18.5 Å². The highest BCUT2D eigenvalue weighted by Crippen LogP contribution is 2.39. The molecule has 3 nitrogen and oxygen atoms in total. The summed E-state index contributed by atoms with van der Waals surface area (Å²) in [5.41, 5.74) is 6.91. The summed E-state index contributed by atoms with van der Waals surface area (Å²) in [5.74, 6) is 0.0353. The quantitative estimate of drug-likeness (QED) is 0.371. The third kappa shape index (κ3) is 3.79. The van der Waals surface area contributed by atoms with Gasteiger partial charge in [-0.3, -0.25) is 4.79 Å². The van der Waals surface area contributed by atoms with Crippen molar-refractivity contribution < 1.29 is 4.79 Å². The van der Waals surface area contributed by atoms with Gasteiger partial charge in [-0.25, -0.2) is 0 Å². The number of carbonyl (C=O) groups is 1. The molecule has 0 saturated heterocycles. The maximum Gasteiger partial charge on any atom is 0.193 e. The molecule has 0 aliphatic carbocycles. The van der Waals surface area contributed by atoms with Crippen LogP contribution >= 0.6 is 0 Å². The Balaban J connectivity index is 1.44. The summed E-state index contributed by atoms with van der Waals surface area (Å²) in [5, 5.41) is 9.07. The maximum absolute atomic E-state index is 12.8. The van der Waals surface area contributed by atoms with Gasteiger partial charge in [0.1, 0.15) is 0 Å². The smallest absolute Gasteiger partial charge is 0.193 e. The van der Waals surface area contributed by atoms with Crippen LogP contribution in [0.25, 0.3) is 0 Å². The number of hydrogen-bond donors (Lipinski definition) is 0. The molecule has 0 amide bonds. The van der Waals surface area contributed by atoms with Gasteiger partial charge in [0.25, 0.3) is 0 Å². The minimum atomic E-state index is 0.0353. The zero-order chi connectivity index (χ0) is 21.9. The van der Waals surface area contributed by atoms with E-state index in [1.54, 1.807) is 0 Å². The van der Waals surface area contributed by atoms with E-state index >= 15 is 0 Å². The number of fused-ring (bicyclic) bond motifs is 1. The number of nitrogens with zero attached hydrogens (tertiary/aromatic N) is 2. The van der Waals surface area contributed by atoms with Gasteiger partial charge in [0, 0.05) is 28.5 Å². The van der Waals surface area contributed by atoms with Crippen molar-refractivity contribution in [1.82, 2.24) is 0 Å². The first-order chi connectivity index (χ1) is 15.7. The highest BCUT2D eigenvalue weighted by Gasteiger charge is 2.30. The summed E-state index contributed by atoms with van der Waals surface area (Å²) in [6.07, 6.45) is 1.84. The lowest BCUT2D eigenvalue weighted by Gasteiger charge is -2.28. The van der Waals surface area contributed by atoms with Crippen LogP contribution in [0.1, 0.15) is 32.6 Å². The average Bonchev–Trinajstić information content (AvgIpc) is 3.22. The van der Waals surface area contributed by atoms with E-state index in [-0.39, 0.29) is 11.8 Å². The molecule has 5 rings (SSSR count). The van der Waals surface area contributed by atoms with Gasteiger partial charge in [0.15, 0.2) is 5.78 Å². The Morgan fingerprint density at radius 1 is 0.812 bits per heavy atom. The minimum absolute atomic E-state index is 0.0353. The standard InChI is InChI=1S/C29H22N2O/c30-20-22-12-10-21(11-13-22)18-27-19-25-8-4-5-9-28(25)31(27)26-16-14-24(15-17-26)29(32)23-6-2-1-3-7-23/h1-17,27H,18-19H2. The fourth-order valence-corrected chi connectivity index (χ4v) is 4.49. The van der Waals surface area contributed by atoms with Crippen LogP contribution in [0.4, 0.5) is 11.4 Å². The Morgan fingerprint density at radius 2 is 1.47 bits per heavy atom. The van der Waals surface area contributed by atoms with Crippen molar-refractivity contribution in [1.29, 1.82) is 5.26 Å². The zero-order valence-corrected chi connectivity index (χ0v) is 17.6. The predicted octanol–water partition coefficient (Wildman–Crippen LogP) is 6.09. The molecule has 32 heavy (non-hydrogen) atoms. The SMILES string of the molecule is N#Cc1ccc(CC2Cc3ccccc3N2c2ccc(C(=O)c3ccccc3)cc2)cc1. The monoisotopic (exact) mass is 414 g/mol. The molecule has 1 atom stereocenters. The van der Waals surface area contributed by atoms with Gasteiger partial charge in [-0.15, -0.1) is 0 Å². The number of nitriles is 1. The van der Waals surface area contributed by atoms with Gasteiger partial charge >= 0.3 is 0 Å². The Labute approximate surface area is 188 Å². The normalized spacial score (nSPS) is 14.6. The fourth-order valence-electron chi connectivity index (χ4n) is 4.49. The van der Waals surface area contributed by atoms with Crippen LogP contribution in [0.3, 0.4) is 0 Å². The fraction of sp³-hybridized carbons (Fsp3) is 0.103. The summed E-state index contributed by atoms with van der Waals surface area (Å²) in [6.45, 7) is 0. The molecule has 3 heteroatoms. The molecule has 0 fully saturated rings. The van der Waals surface area contributed by atoms with Gasteiger partial charge in [0.05, 0.1) is 11.6 Å². The lowest BCUT2D eigenvalue weighted by atomic mass is 10.0. The third-order valence-corrected chi connectivity index (χ3v) is 6.07. The molecule has 0 aromatic heterocycles. The Bertz CT molecular complexity index is 1290. The van der Waals surface area contributed by atoms with Crippen LogP contribution < -0.4 is 4.90 Å². The summed E-state index contributed by atoms with van der Waals surface area (Å²) in [6, 6.07) is 36.1. The molecule has 0 bridgehead atoms. The van der Waals surface area contributed by atoms with Crippen LogP contribution in [-0.4, -0.2) is 11.8 Å². The number of benzene rings is 4. The van der Waals surface area contributed by atoms with Gasteiger partial charge < -0.3 is 4.90 Å². The van der Waals surface area contributed by atoms with Gasteiger partial charge in [-0.1, -0.05) is 60.7 Å². The molecule has 1 unspecified atom stereocenters. The first-order valence-corrected chi connectivity index (χ1v) is 10.8. The van der Waals surface area contributed by atoms with Crippen LogP contribution in [-0.2, 0) is 12.8 Å². The van der Waals surface area contributed by atoms with Crippen molar-refractivity contribution >= 4 is 17.2 Å². The zero-order valence-electron chi connectivity index (χ0n) is 17.6. The Morgan fingerprint density at radius 3 is 2.19 bits per heavy atom. The van der Waals surface area contributed by atoms with E-state index in [2.05, 4.69) is 35.2 Å². The predicted molar refractivity (Wildman–Crippen MR) is 127 cm³/mol. The van der Waals surface area contributed by atoms with Crippen molar-refractivity contribution in [2.24, 2.45) is 0 Å². The van der Waals surface area contributed by atoms with Gasteiger partial charge in [-0.05, 0) is 66.4 Å². The van der Waals surface area contributed by atoms with E-state index in [4.69, 9.17) is 5.26 Å². The van der Waals surface area contributed by atoms with Crippen molar-refractivity contribution in [3.8, 4) is 6.07 Å². The molecular weight excluding hydrogens is 392 g/mol. The second-order valence-electron chi connectivity index (χ2n) is 8.11. The van der Waals surface area contributed by atoms with Crippen LogP contribution in [0.5, 0.6) is 0 Å². The number of carbonyl (C=O) groups excluding carboxylic acids is 1. The molecule has 0 radical (unpaired) electrons. The molecule has 154 valence electrons. The van der Waals surface area contributed by atoms with Crippen molar-refractivity contribution in [3.05, 3.63) is 131 Å². The molecular formula is C29H22N2O. The minimum Gasteiger partial charge on any atom is -0.337 e. The number of hydrogen-bond acceptors (Lipinski definition) is 3. The summed E-state index contributed by atoms with van der Waals surface area (Å²) in [4.78, 5) is 15.2. The van der Waals surface area contributed by atoms with Crippen LogP contribution in [0.2, 0.25) is 0 Å². The molecule has 4 aromatic rings. The van der Waals surface area contributed by atoms with E-state index < -0.39 is 0 Å². The lowest BCUT2D eigenvalue weighted by Crippen LogP contribution is -2.29. The first-order valence-electron chi connectivity index (χ1n) is 10.8. The topological polar surface area (TPSA) is 44.1 Å². The van der Waals surface area contributed by atoms with E-state index in [1.807, 2.05) is 78.9 Å². The average molecular weight is 415 g/mol. The van der Waals surface area contributed by atoms with Crippen molar-refractivity contribution in [2.45, 2.75) is 18.9 Å². The molecule has 1 aliphatic heterocycles. The second-order valence-corrected chi connectivity index (χ2v) is 8.11. The number of anilines is 2. The maximum atomic E-state index is 12.8. The molecule has 1 heterocycles. The molecule has 0 saturated carbocycles. The van der Waals surface area contributed by atoms with Crippen LogP contribution in [0, 0.1) is 11.3 Å². The number of para-hydroxylation sites is 1. The summed E-state index contributed by atoms with van der Waals surface area (Å²) >= 11 is 0. The van der Waals surface area contributed by atoms with E-state index in [1.165, 1.54) is 16.8 Å². The molecule has 4 aromatic carbocycles. The van der Waals surface area contributed by atoms with Gasteiger partial charge in [0.2, 0.25) is 0 Å². The number of ketones is 1. The van der Waals surface area contributed by atoms with Crippen molar-refractivity contribution in [3.63, 3.8) is 0 Å². The number of rotatable bonds is 5. The van der Waals surface area contributed by atoms with E-state index in [9.17, 15) is 4.79 Å². The third-order valence-electron chi connectivity index (χ3n) is 6.07. The summed E-state index contributed by atoms with van der Waals surface area (Å²) < 4.78 is 0. The molecule has 1 aliphatic rings. The lowest BCUT2D eigenvalue weighted by molar-refractivity contribution is 0.103. The molecule has 0 N–H and O–H groups in total. The first kappa shape index (κ1) is 19.8. The Kier molecular flexibility index (Phi) is 5.27. The van der Waals surface area contributed by atoms with Crippen molar-refractivity contribution in [2.75, 3.05) is 4.90 Å². The van der Waals surface area contributed by atoms with Gasteiger partial charge in [-0.2, -0.15) is 5.26 Å². The van der Waals surface area contributed by atoms with E-state index in [0.29, 0.717) is 16.7 Å².